The van der Waals surface area contributed by atoms with E-state index in [1.165, 1.54) is 6.92 Å². The Morgan fingerprint density at radius 3 is 2.35 bits per heavy atom. The molecule has 0 spiro atoms. The van der Waals surface area contributed by atoms with Crippen molar-refractivity contribution >= 4 is 11.9 Å². The van der Waals surface area contributed by atoms with E-state index in [0.29, 0.717) is 0 Å². The fourth-order valence-electron chi connectivity index (χ4n) is 2.19. The van der Waals surface area contributed by atoms with Crippen LogP contribution < -0.4 is 5.32 Å². The van der Waals surface area contributed by atoms with Gasteiger partial charge in [0, 0.05) is 5.41 Å². The zero-order valence-corrected chi connectivity index (χ0v) is 10.5. The van der Waals surface area contributed by atoms with Crippen LogP contribution in [0.2, 0.25) is 0 Å². The van der Waals surface area contributed by atoms with Gasteiger partial charge >= 0.3 is 5.97 Å². The van der Waals surface area contributed by atoms with E-state index in [4.69, 9.17) is 5.11 Å². The summed E-state index contributed by atoms with van der Waals surface area (Å²) in [6.07, 6.45) is 4.53. The fraction of sp³-hybridized carbons (Fsp3) is 0.833. The molecule has 1 unspecified atom stereocenters. The number of aliphatic hydroxyl groups is 1. The lowest BCUT2D eigenvalue weighted by atomic mass is 9.65. The molecule has 17 heavy (non-hydrogen) atoms. The highest BCUT2D eigenvalue weighted by atomic mass is 16.4. The summed E-state index contributed by atoms with van der Waals surface area (Å²) in [5.41, 5.74) is -2.21. The number of carboxylic acid groups (broad SMARTS) is 1. The molecule has 5 nitrogen and oxygen atoms in total. The third-order valence-electron chi connectivity index (χ3n) is 3.57. The standard InChI is InChI=1S/C12H21NO4/c1-3-5-12(6-4-7-12)9(14)13-8-11(2,17)10(15)16/h17H,3-8H2,1-2H3,(H,13,14)(H,15,16). The zero-order chi connectivity index (χ0) is 13.1. The first-order valence-electron chi connectivity index (χ1n) is 6.08. The highest BCUT2D eigenvalue weighted by Gasteiger charge is 2.43. The molecule has 5 heteroatoms. The van der Waals surface area contributed by atoms with Crippen LogP contribution in [-0.4, -0.2) is 34.2 Å². The Balaban J connectivity index is 2.52. The Morgan fingerprint density at radius 1 is 1.41 bits per heavy atom. The van der Waals surface area contributed by atoms with E-state index in [9.17, 15) is 14.7 Å². The minimum atomic E-state index is -1.90. The minimum Gasteiger partial charge on any atom is -0.479 e. The van der Waals surface area contributed by atoms with E-state index >= 15 is 0 Å². The van der Waals surface area contributed by atoms with Gasteiger partial charge in [0.1, 0.15) is 0 Å². The van der Waals surface area contributed by atoms with Crippen molar-refractivity contribution in [3.63, 3.8) is 0 Å². The Kier molecular flexibility index (Phi) is 4.14. The lowest BCUT2D eigenvalue weighted by molar-refractivity contribution is -0.157. The van der Waals surface area contributed by atoms with Gasteiger partial charge in [-0.05, 0) is 26.2 Å². The molecular formula is C12H21NO4. The zero-order valence-electron chi connectivity index (χ0n) is 10.5. The van der Waals surface area contributed by atoms with Crippen molar-refractivity contribution in [3.8, 4) is 0 Å². The maximum absolute atomic E-state index is 12.0. The van der Waals surface area contributed by atoms with Crippen molar-refractivity contribution in [3.05, 3.63) is 0 Å². The van der Waals surface area contributed by atoms with Crippen LogP contribution in [0.1, 0.15) is 46.0 Å². The number of carboxylic acids is 1. The summed E-state index contributed by atoms with van der Waals surface area (Å²) in [5, 5.41) is 20.8. The van der Waals surface area contributed by atoms with Crippen LogP contribution in [0, 0.1) is 5.41 Å². The molecule has 1 amide bonds. The molecule has 0 saturated heterocycles. The Hall–Kier alpha value is -1.10. The van der Waals surface area contributed by atoms with E-state index in [1.807, 2.05) is 6.92 Å². The molecule has 3 N–H and O–H groups in total. The first kappa shape index (κ1) is 14.0. The molecule has 1 atom stereocenters. The maximum atomic E-state index is 12.0. The molecule has 0 bridgehead atoms. The maximum Gasteiger partial charge on any atom is 0.337 e. The van der Waals surface area contributed by atoms with Crippen LogP contribution in [0.25, 0.3) is 0 Å². The SMILES string of the molecule is CCCC1(C(=O)NCC(C)(O)C(=O)O)CCC1. The number of aliphatic carboxylic acids is 1. The number of rotatable bonds is 6. The molecule has 0 aromatic carbocycles. The molecule has 0 radical (unpaired) electrons. The van der Waals surface area contributed by atoms with Crippen LogP contribution in [0.4, 0.5) is 0 Å². The molecule has 0 heterocycles. The summed E-state index contributed by atoms with van der Waals surface area (Å²) in [7, 11) is 0. The number of hydrogen-bond donors (Lipinski definition) is 3. The topological polar surface area (TPSA) is 86.6 Å². The van der Waals surface area contributed by atoms with Crippen LogP contribution >= 0.6 is 0 Å². The molecule has 1 rings (SSSR count). The largest absolute Gasteiger partial charge is 0.479 e. The van der Waals surface area contributed by atoms with Crippen molar-refractivity contribution in [1.82, 2.24) is 5.32 Å². The molecule has 1 aliphatic carbocycles. The average molecular weight is 243 g/mol. The van der Waals surface area contributed by atoms with Crippen molar-refractivity contribution in [2.75, 3.05) is 6.54 Å². The molecule has 0 aromatic rings. The van der Waals surface area contributed by atoms with Crippen LogP contribution in [0.3, 0.4) is 0 Å². The van der Waals surface area contributed by atoms with Gasteiger partial charge in [-0.1, -0.05) is 19.8 Å². The molecule has 0 aromatic heterocycles. The first-order valence-corrected chi connectivity index (χ1v) is 6.08. The predicted octanol–water partition coefficient (Wildman–Crippen LogP) is 0.909. The van der Waals surface area contributed by atoms with Crippen molar-refractivity contribution in [2.45, 2.75) is 51.6 Å². The second-order valence-electron chi connectivity index (χ2n) is 5.15. The minimum absolute atomic E-state index is 0.118. The summed E-state index contributed by atoms with van der Waals surface area (Å²) in [4.78, 5) is 22.7. The van der Waals surface area contributed by atoms with E-state index in [-0.39, 0.29) is 17.9 Å². The Bertz CT molecular complexity index is 308. The fourth-order valence-corrected chi connectivity index (χ4v) is 2.19. The second kappa shape index (κ2) is 5.04. The molecule has 1 aliphatic rings. The molecule has 1 saturated carbocycles. The monoisotopic (exact) mass is 243 g/mol. The third kappa shape index (κ3) is 2.97. The summed E-state index contributed by atoms with van der Waals surface area (Å²) < 4.78 is 0. The lowest BCUT2D eigenvalue weighted by Crippen LogP contribution is -2.52. The normalized spacial score (nSPS) is 21.1. The van der Waals surface area contributed by atoms with Crippen LogP contribution in [-0.2, 0) is 9.59 Å². The van der Waals surface area contributed by atoms with Gasteiger partial charge in [0.05, 0.1) is 6.54 Å². The van der Waals surface area contributed by atoms with Gasteiger partial charge in [-0.3, -0.25) is 4.79 Å². The van der Waals surface area contributed by atoms with E-state index in [1.54, 1.807) is 0 Å². The second-order valence-corrected chi connectivity index (χ2v) is 5.15. The van der Waals surface area contributed by atoms with Gasteiger partial charge in [-0.2, -0.15) is 0 Å². The van der Waals surface area contributed by atoms with Crippen LogP contribution in [0.5, 0.6) is 0 Å². The average Bonchev–Trinajstić information content (AvgIpc) is 2.20. The third-order valence-corrected chi connectivity index (χ3v) is 3.57. The van der Waals surface area contributed by atoms with Gasteiger partial charge in [0.25, 0.3) is 0 Å². The van der Waals surface area contributed by atoms with Gasteiger partial charge in [-0.15, -0.1) is 0 Å². The smallest absolute Gasteiger partial charge is 0.337 e. The highest BCUT2D eigenvalue weighted by molar-refractivity contribution is 5.85. The van der Waals surface area contributed by atoms with E-state index in [2.05, 4.69) is 5.32 Å². The summed E-state index contributed by atoms with van der Waals surface area (Å²) in [6, 6.07) is 0. The van der Waals surface area contributed by atoms with Crippen molar-refractivity contribution in [2.24, 2.45) is 5.41 Å². The highest BCUT2D eigenvalue weighted by Crippen LogP contribution is 2.44. The molecule has 98 valence electrons. The van der Waals surface area contributed by atoms with E-state index < -0.39 is 11.6 Å². The van der Waals surface area contributed by atoms with Gasteiger partial charge in [0.2, 0.25) is 5.91 Å². The van der Waals surface area contributed by atoms with Crippen molar-refractivity contribution in [1.29, 1.82) is 0 Å². The van der Waals surface area contributed by atoms with Gasteiger partial charge in [-0.25, -0.2) is 4.79 Å². The summed E-state index contributed by atoms with van der Waals surface area (Å²) in [5.74, 6) is -1.44. The van der Waals surface area contributed by atoms with Gasteiger partial charge in [0.15, 0.2) is 5.60 Å². The predicted molar refractivity (Wildman–Crippen MR) is 62.5 cm³/mol. The van der Waals surface area contributed by atoms with Crippen LogP contribution in [0.15, 0.2) is 0 Å². The Labute approximate surface area is 101 Å². The molecular weight excluding hydrogens is 222 g/mol. The summed E-state index contributed by atoms with van der Waals surface area (Å²) in [6.45, 7) is 2.97. The van der Waals surface area contributed by atoms with Gasteiger partial charge < -0.3 is 15.5 Å². The lowest BCUT2D eigenvalue weighted by Gasteiger charge is -2.40. The Morgan fingerprint density at radius 2 is 2.00 bits per heavy atom. The summed E-state index contributed by atoms with van der Waals surface area (Å²) >= 11 is 0. The number of nitrogens with one attached hydrogen (secondary N) is 1. The number of carbonyl (C=O) groups is 2. The quantitative estimate of drug-likeness (QED) is 0.647. The van der Waals surface area contributed by atoms with E-state index in [0.717, 1.165) is 32.1 Å². The van der Waals surface area contributed by atoms with Crippen molar-refractivity contribution < 1.29 is 19.8 Å². The number of hydrogen-bond acceptors (Lipinski definition) is 3. The molecule has 0 aliphatic heterocycles. The molecule has 1 fully saturated rings. The first-order chi connectivity index (χ1) is 7.84. The number of carbonyl (C=O) groups excluding carboxylic acids is 1. The number of amides is 1.